The molecule has 31 heavy (non-hydrogen) atoms. The van der Waals surface area contributed by atoms with Crippen molar-refractivity contribution >= 4 is 11.9 Å². The highest BCUT2D eigenvalue weighted by molar-refractivity contribution is 5.90. The van der Waals surface area contributed by atoms with Crippen LogP contribution in [0.1, 0.15) is 13.8 Å². The van der Waals surface area contributed by atoms with Crippen LogP contribution < -0.4 is 9.47 Å². The molecule has 0 N–H and O–H groups in total. The average molecular weight is 416 g/mol. The van der Waals surface area contributed by atoms with Gasteiger partial charge in [0, 0.05) is 22.3 Å². The summed E-state index contributed by atoms with van der Waals surface area (Å²) < 4.78 is 25.5. The quantitative estimate of drug-likeness (QED) is 0.276. The van der Waals surface area contributed by atoms with Crippen LogP contribution in [0, 0.1) is 5.82 Å². The highest BCUT2D eigenvalue weighted by Gasteiger charge is 2.15. The van der Waals surface area contributed by atoms with Gasteiger partial charge in [0.05, 0.1) is 0 Å². The zero-order valence-electron chi connectivity index (χ0n) is 17.3. The van der Waals surface area contributed by atoms with E-state index in [9.17, 15) is 9.59 Å². The fourth-order valence-electron chi connectivity index (χ4n) is 2.79. The summed E-state index contributed by atoms with van der Waals surface area (Å²) in [7, 11) is 0. The molecule has 0 heterocycles. The smallest absolute Gasteiger partial charge is 0.338 e. The number of carbonyl (C=O) groups is 2. The molecule has 0 aliphatic rings. The van der Waals surface area contributed by atoms with Gasteiger partial charge in [-0.25, -0.2) is 14.0 Å². The Bertz CT molecular complexity index is 1180. The fraction of sp³-hybridized carbons (Fsp3) is 0.0769. The van der Waals surface area contributed by atoms with Crippen LogP contribution in [0.15, 0.2) is 91.0 Å². The van der Waals surface area contributed by atoms with Crippen LogP contribution >= 0.6 is 0 Å². The second-order valence-electron chi connectivity index (χ2n) is 7.05. The van der Waals surface area contributed by atoms with E-state index in [0.717, 1.165) is 5.56 Å². The number of rotatable bonds is 6. The number of para-hydroxylation sites is 1. The van der Waals surface area contributed by atoms with Gasteiger partial charge < -0.3 is 9.47 Å². The maximum absolute atomic E-state index is 15.0. The third-order valence-corrected chi connectivity index (χ3v) is 4.44. The summed E-state index contributed by atoms with van der Waals surface area (Å²) in [4.78, 5) is 23.5. The maximum atomic E-state index is 15.0. The van der Waals surface area contributed by atoms with Crippen molar-refractivity contribution in [3.05, 3.63) is 96.9 Å². The van der Waals surface area contributed by atoms with Gasteiger partial charge in [0.2, 0.25) is 0 Å². The van der Waals surface area contributed by atoms with Gasteiger partial charge in [0.15, 0.2) is 0 Å². The number of benzene rings is 3. The Balaban J connectivity index is 1.88. The predicted molar refractivity (Wildman–Crippen MR) is 118 cm³/mol. The predicted octanol–water partition coefficient (Wildman–Crippen LogP) is 6.12. The minimum absolute atomic E-state index is 0.253. The Morgan fingerprint density at radius 3 is 1.94 bits per heavy atom. The summed E-state index contributed by atoms with van der Waals surface area (Å²) in [6.45, 7) is 10.2. The van der Waals surface area contributed by atoms with E-state index in [1.807, 2.05) is 0 Å². The molecule has 3 rings (SSSR count). The largest absolute Gasteiger partial charge is 0.423 e. The van der Waals surface area contributed by atoms with E-state index in [4.69, 9.17) is 9.47 Å². The lowest BCUT2D eigenvalue weighted by Crippen LogP contribution is -2.09. The summed E-state index contributed by atoms with van der Waals surface area (Å²) in [5, 5.41) is 0. The first kappa shape index (κ1) is 21.7. The third kappa shape index (κ3) is 5.14. The monoisotopic (exact) mass is 416 g/mol. The van der Waals surface area contributed by atoms with Gasteiger partial charge >= 0.3 is 11.9 Å². The van der Waals surface area contributed by atoms with Crippen LogP contribution in [0.4, 0.5) is 4.39 Å². The van der Waals surface area contributed by atoms with Gasteiger partial charge in [0.1, 0.15) is 17.3 Å². The van der Waals surface area contributed by atoms with Crippen molar-refractivity contribution in [1.29, 1.82) is 0 Å². The van der Waals surface area contributed by atoms with Crippen LogP contribution in [0.5, 0.6) is 11.5 Å². The standard InChI is InChI=1S/C26H21FO4/c1-16(2)25(28)30-20-12-9-18(10-13-20)19-11-14-21(23(27)15-19)22-7-5-6-8-24(22)31-26(29)17(3)4/h5-15H,1,3H2,2,4H3. The van der Waals surface area contributed by atoms with Gasteiger partial charge in [0.25, 0.3) is 0 Å². The number of halogens is 1. The lowest BCUT2D eigenvalue weighted by atomic mass is 9.99. The minimum Gasteiger partial charge on any atom is -0.423 e. The maximum Gasteiger partial charge on any atom is 0.338 e. The van der Waals surface area contributed by atoms with Gasteiger partial charge in [-0.3, -0.25) is 0 Å². The molecule has 0 aliphatic carbocycles. The summed E-state index contributed by atoms with van der Waals surface area (Å²) in [5.74, 6) is -0.909. The number of carbonyl (C=O) groups excluding carboxylic acids is 2. The van der Waals surface area contributed by atoms with E-state index in [2.05, 4.69) is 13.2 Å². The van der Waals surface area contributed by atoms with E-state index in [1.165, 1.54) is 6.07 Å². The summed E-state index contributed by atoms with van der Waals surface area (Å²) in [5.41, 5.74) is 2.72. The third-order valence-electron chi connectivity index (χ3n) is 4.44. The molecule has 0 amide bonds. The van der Waals surface area contributed by atoms with Crippen molar-refractivity contribution < 1.29 is 23.5 Å². The molecule has 0 aromatic heterocycles. The molecule has 0 unspecified atom stereocenters. The SMILES string of the molecule is C=C(C)C(=O)Oc1ccc(-c2ccc(-c3ccccc3OC(=O)C(=C)C)c(F)c2)cc1. The van der Waals surface area contributed by atoms with Crippen molar-refractivity contribution in [3.8, 4) is 33.8 Å². The lowest BCUT2D eigenvalue weighted by Gasteiger charge is -2.12. The van der Waals surface area contributed by atoms with E-state index >= 15 is 4.39 Å². The van der Waals surface area contributed by atoms with Crippen molar-refractivity contribution in [2.24, 2.45) is 0 Å². The second-order valence-corrected chi connectivity index (χ2v) is 7.05. The topological polar surface area (TPSA) is 52.6 Å². The van der Waals surface area contributed by atoms with E-state index in [0.29, 0.717) is 28.0 Å². The van der Waals surface area contributed by atoms with Crippen LogP contribution in [-0.2, 0) is 9.59 Å². The molecule has 0 aliphatic heterocycles. The van der Waals surface area contributed by atoms with Crippen molar-refractivity contribution in [2.45, 2.75) is 13.8 Å². The summed E-state index contributed by atoms with van der Waals surface area (Å²) >= 11 is 0. The molecule has 3 aromatic rings. The normalized spacial score (nSPS) is 10.3. The Morgan fingerprint density at radius 2 is 1.32 bits per heavy atom. The average Bonchev–Trinajstić information content (AvgIpc) is 2.74. The molecule has 0 spiro atoms. The van der Waals surface area contributed by atoms with Crippen molar-refractivity contribution in [2.75, 3.05) is 0 Å². The van der Waals surface area contributed by atoms with Crippen molar-refractivity contribution in [3.63, 3.8) is 0 Å². The number of hydrogen-bond acceptors (Lipinski definition) is 4. The first-order valence-corrected chi connectivity index (χ1v) is 9.51. The Hall–Kier alpha value is -3.99. The van der Waals surface area contributed by atoms with Gasteiger partial charge in [-0.1, -0.05) is 55.6 Å². The molecule has 5 heteroatoms. The summed E-state index contributed by atoms with van der Waals surface area (Å²) in [6, 6.07) is 18.3. The van der Waals surface area contributed by atoms with E-state index in [-0.39, 0.29) is 11.3 Å². The van der Waals surface area contributed by atoms with E-state index in [1.54, 1.807) is 74.5 Å². The molecule has 0 saturated carbocycles. The number of esters is 2. The highest BCUT2D eigenvalue weighted by atomic mass is 19.1. The molecule has 4 nitrogen and oxygen atoms in total. The molecule has 0 atom stereocenters. The molecule has 0 fully saturated rings. The van der Waals surface area contributed by atoms with Gasteiger partial charge in [-0.2, -0.15) is 0 Å². The molecule has 156 valence electrons. The molecular formula is C26H21FO4. The van der Waals surface area contributed by atoms with E-state index < -0.39 is 17.8 Å². The second kappa shape index (κ2) is 9.22. The Morgan fingerprint density at radius 1 is 0.742 bits per heavy atom. The molecular weight excluding hydrogens is 395 g/mol. The molecule has 0 radical (unpaired) electrons. The Labute approximate surface area is 180 Å². The zero-order chi connectivity index (χ0) is 22.5. The number of hydrogen-bond donors (Lipinski definition) is 0. The van der Waals surface area contributed by atoms with Crippen LogP contribution in [0.2, 0.25) is 0 Å². The van der Waals surface area contributed by atoms with Crippen molar-refractivity contribution in [1.82, 2.24) is 0 Å². The van der Waals surface area contributed by atoms with Crippen LogP contribution in [0.25, 0.3) is 22.3 Å². The minimum atomic E-state index is -0.572. The van der Waals surface area contributed by atoms with Crippen LogP contribution in [0.3, 0.4) is 0 Å². The van der Waals surface area contributed by atoms with Gasteiger partial charge in [-0.15, -0.1) is 0 Å². The molecule has 0 saturated heterocycles. The number of ether oxygens (including phenoxy) is 2. The first-order chi connectivity index (χ1) is 14.8. The van der Waals surface area contributed by atoms with Crippen LogP contribution in [-0.4, -0.2) is 11.9 Å². The van der Waals surface area contributed by atoms with Gasteiger partial charge in [-0.05, 0) is 49.2 Å². The zero-order valence-corrected chi connectivity index (χ0v) is 17.3. The first-order valence-electron chi connectivity index (χ1n) is 9.51. The highest BCUT2D eigenvalue weighted by Crippen LogP contribution is 2.34. The molecule has 3 aromatic carbocycles. The molecule has 0 bridgehead atoms. The lowest BCUT2D eigenvalue weighted by molar-refractivity contribution is -0.130. The summed E-state index contributed by atoms with van der Waals surface area (Å²) in [6.07, 6.45) is 0. The fourth-order valence-corrected chi connectivity index (χ4v) is 2.79. The Kier molecular flexibility index (Phi) is 6.46.